The van der Waals surface area contributed by atoms with E-state index >= 15 is 0 Å². The largest absolute Gasteiger partial charge is 0.383 e. The second-order valence-corrected chi connectivity index (χ2v) is 8.08. The van der Waals surface area contributed by atoms with E-state index in [-0.39, 0.29) is 24.4 Å². The first-order chi connectivity index (χ1) is 14.0. The molecule has 1 aliphatic rings. The number of benzene rings is 1. The number of hydrazone groups is 1. The predicted molar refractivity (Wildman–Crippen MR) is 115 cm³/mol. The molecule has 0 saturated heterocycles. The molecule has 3 rings (SSSR count). The molecule has 0 bridgehead atoms. The Hall–Kier alpha value is -2.22. The van der Waals surface area contributed by atoms with Crippen LogP contribution in [0.3, 0.4) is 0 Å². The summed E-state index contributed by atoms with van der Waals surface area (Å²) >= 11 is 7.63. The van der Waals surface area contributed by atoms with Crippen LogP contribution in [0.15, 0.2) is 46.9 Å². The molecule has 1 aromatic carbocycles. The zero-order valence-corrected chi connectivity index (χ0v) is 18.1. The summed E-state index contributed by atoms with van der Waals surface area (Å²) in [6.45, 7) is 2.51. The molecule has 1 atom stereocenters. The van der Waals surface area contributed by atoms with Crippen molar-refractivity contribution in [3.8, 4) is 0 Å². The van der Waals surface area contributed by atoms with Crippen LogP contribution in [0.5, 0.6) is 0 Å². The first kappa shape index (κ1) is 21.5. The van der Waals surface area contributed by atoms with Crippen LogP contribution in [-0.4, -0.2) is 54.2 Å². The molecule has 0 aliphatic carbocycles. The van der Waals surface area contributed by atoms with Crippen molar-refractivity contribution in [3.05, 3.63) is 57.2 Å². The van der Waals surface area contributed by atoms with Crippen molar-refractivity contribution in [2.45, 2.75) is 25.8 Å². The standard InChI is InChI=1S/C21H24ClN3O3S/c1-3-20(26)24(10-11-28-2)14-21(27)25-18(15-6-8-16(22)9-7-15)13-17(23-25)19-5-4-12-29-19/h4-9,12,18H,3,10-11,13-14H2,1-2H3. The fourth-order valence-electron chi connectivity index (χ4n) is 3.23. The van der Waals surface area contributed by atoms with Gasteiger partial charge < -0.3 is 9.64 Å². The number of amides is 2. The van der Waals surface area contributed by atoms with Crippen molar-refractivity contribution < 1.29 is 14.3 Å². The maximum Gasteiger partial charge on any atom is 0.262 e. The van der Waals surface area contributed by atoms with Gasteiger partial charge >= 0.3 is 0 Å². The van der Waals surface area contributed by atoms with E-state index in [1.54, 1.807) is 25.4 Å². The Kier molecular flexibility index (Phi) is 7.41. The molecule has 154 valence electrons. The van der Waals surface area contributed by atoms with Crippen LogP contribution in [0.4, 0.5) is 0 Å². The minimum absolute atomic E-state index is 0.0264. The molecular formula is C21H24ClN3O3S. The first-order valence-corrected chi connectivity index (χ1v) is 10.7. The molecule has 0 fully saturated rings. The lowest BCUT2D eigenvalue weighted by molar-refractivity contribution is -0.141. The van der Waals surface area contributed by atoms with Gasteiger partial charge in [0.05, 0.1) is 23.2 Å². The quantitative estimate of drug-likeness (QED) is 0.632. The van der Waals surface area contributed by atoms with Gasteiger partial charge in [0.15, 0.2) is 0 Å². The van der Waals surface area contributed by atoms with Gasteiger partial charge in [-0.15, -0.1) is 11.3 Å². The summed E-state index contributed by atoms with van der Waals surface area (Å²) in [6.07, 6.45) is 0.953. The molecule has 2 amide bonds. The van der Waals surface area contributed by atoms with Crippen LogP contribution in [-0.2, 0) is 14.3 Å². The van der Waals surface area contributed by atoms with E-state index in [1.165, 1.54) is 9.91 Å². The molecule has 1 aliphatic heterocycles. The predicted octanol–water partition coefficient (Wildman–Crippen LogP) is 3.96. The van der Waals surface area contributed by atoms with Crippen LogP contribution >= 0.6 is 22.9 Å². The van der Waals surface area contributed by atoms with Gasteiger partial charge in [-0.05, 0) is 29.1 Å². The third kappa shape index (κ3) is 5.23. The Bertz CT molecular complexity index is 868. The molecule has 1 aromatic heterocycles. The third-order valence-corrected chi connectivity index (χ3v) is 5.94. The van der Waals surface area contributed by atoms with Gasteiger partial charge in [-0.2, -0.15) is 5.10 Å². The molecule has 0 N–H and O–H groups in total. The van der Waals surface area contributed by atoms with E-state index in [9.17, 15) is 9.59 Å². The van der Waals surface area contributed by atoms with E-state index in [0.717, 1.165) is 16.2 Å². The summed E-state index contributed by atoms with van der Waals surface area (Å²) in [5, 5.41) is 8.79. The number of hydrogen-bond acceptors (Lipinski definition) is 5. The molecule has 6 nitrogen and oxygen atoms in total. The highest BCUT2D eigenvalue weighted by molar-refractivity contribution is 7.12. The Morgan fingerprint density at radius 3 is 2.69 bits per heavy atom. The van der Waals surface area contributed by atoms with Gasteiger partial charge in [0.25, 0.3) is 5.91 Å². The Balaban J connectivity index is 1.85. The van der Waals surface area contributed by atoms with E-state index in [2.05, 4.69) is 5.10 Å². The lowest BCUT2D eigenvalue weighted by Crippen LogP contribution is -2.42. The zero-order chi connectivity index (χ0) is 20.8. The highest BCUT2D eigenvalue weighted by atomic mass is 35.5. The number of halogens is 1. The summed E-state index contributed by atoms with van der Waals surface area (Å²) in [5.74, 6) is -0.297. The number of rotatable bonds is 8. The van der Waals surface area contributed by atoms with Crippen molar-refractivity contribution >= 4 is 40.5 Å². The average molecular weight is 434 g/mol. The summed E-state index contributed by atoms with van der Waals surface area (Å²) in [4.78, 5) is 28.0. The van der Waals surface area contributed by atoms with E-state index in [4.69, 9.17) is 16.3 Å². The SMILES string of the molecule is CCC(=O)N(CCOC)CC(=O)N1N=C(c2cccs2)CC1c1ccc(Cl)cc1. The van der Waals surface area contributed by atoms with Gasteiger partial charge in [-0.1, -0.05) is 36.7 Å². The van der Waals surface area contributed by atoms with Crippen molar-refractivity contribution in [2.24, 2.45) is 5.10 Å². The van der Waals surface area contributed by atoms with Crippen molar-refractivity contribution in [1.82, 2.24) is 9.91 Å². The molecule has 2 heterocycles. The Morgan fingerprint density at radius 2 is 2.07 bits per heavy atom. The minimum Gasteiger partial charge on any atom is -0.383 e. The first-order valence-electron chi connectivity index (χ1n) is 9.49. The molecule has 8 heteroatoms. The molecule has 2 aromatic rings. The van der Waals surface area contributed by atoms with Crippen molar-refractivity contribution in [3.63, 3.8) is 0 Å². The van der Waals surface area contributed by atoms with E-state index in [0.29, 0.717) is 31.0 Å². The molecule has 1 unspecified atom stereocenters. The topological polar surface area (TPSA) is 62.2 Å². The smallest absolute Gasteiger partial charge is 0.262 e. The summed E-state index contributed by atoms with van der Waals surface area (Å²) in [6, 6.07) is 11.2. The molecule has 0 saturated carbocycles. The highest BCUT2D eigenvalue weighted by Gasteiger charge is 2.34. The number of carbonyl (C=O) groups is 2. The Labute approximate surface area is 179 Å². The van der Waals surface area contributed by atoms with E-state index in [1.807, 2.05) is 41.8 Å². The lowest BCUT2D eigenvalue weighted by Gasteiger charge is -2.26. The summed E-state index contributed by atoms with van der Waals surface area (Å²) < 4.78 is 5.08. The lowest BCUT2D eigenvalue weighted by atomic mass is 10.0. The van der Waals surface area contributed by atoms with Crippen LogP contribution in [0.2, 0.25) is 5.02 Å². The summed E-state index contributed by atoms with van der Waals surface area (Å²) in [7, 11) is 1.57. The van der Waals surface area contributed by atoms with Gasteiger partial charge in [0, 0.05) is 31.5 Å². The van der Waals surface area contributed by atoms with Crippen LogP contribution < -0.4 is 0 Å². The van der Waals surface area contributed by atoms with Gasteiger partial charge in [-0.25, -0.2) is 5.01 Å². The molecule has 0 radical (unpaired) electrons. The molecule has 0 spiro atoms. The van der Waals surface area contributed by atoms with Crippen molar-refractivity contribution in [2.75, 3.05) is 26.8 Å². The zero-order valence-electron chi connectivity index (χ0n) is 16.5. The van der Waals surface area contributed by atoms with Crippen LogP contribution in [0, 0.1) is 0 Å². The average Bonchev–Trinajstić information content (AvgIpc) is 3.40. The highest BCUT2D eigenvalue weighted by Crippen LogP contribution is 2.34. The van der Waals surface area contributed by atoms with E-state index < -0.39 is 0 Å². The van der Waals surface area contributed by atoms with Crippen LogP contribution in [0.25, 0.3) is 0 Å². The second kappa shape index (κ2) is 10.0. The minimum atomic E-state index is -0.224. The molecule has 29 heavy (non-hydrogen) atoms. The van der Waals surface area contributed by atoms with Gasteiger partial charge in [-0.3, -0.25) is 9.59 Å². The number of methoxy groups -OCH3 is 1. The number of nitrogens with zero attached hydrogens (tertiary/aromatic N) is 3. The fourth-order valence-corrected chi connectivity index (χ4v) is 4.08. The normalized spacial score (nSPS) is 16.0. The number of thiophene rings is 1. The van der Waals surface area contributed by atoms with Gasteiger partial charge in [0.2, 0.25) is 5.91 Å². The Morgan fingerprint density at radius 1 is 1.31 bits per heavy atom. The third-order valence-electron chi connectivity index (χ3n) is 4.77. The summed E-state index contributed by atoms with van der Waals surface area (Å²) in [5.41, 5.74) is 1.84. The van der Waals surface area contributed by atoms with Crippen LogP contribution in [0.1, 0.15) is 36.2 Å². The number of hydrogen-bond donors (Lipinski definition) is 0. The number of carbonyl (C=O) groups excluding carboxylic acids is 2. The maximum atomic E-state index is 13.2. The maximum absolute atomic E-state index is 13.2. The monoisotopic (exact) mass is 433 g/mol. The fraction of sp³-hybridized carbons (Fsp3) is 0.381. The van der Waals surface area contributed by atoms with Gasteiger partial charge in [0.1, 0.15) is 6.54 Å². The van der Waals surface area contributed by atoms with Crippen molar-refractivity contribution in [1.29, 1.82) is 0 Å². The number of ether oxygens (including phenoxy) is 1. The molecular weight excluding hydrogens is 410 g/mol. The second-order valence-electron chi connectivity index (χ2n) is 6.70.